The van der Waals surface area contributed by atoms with Crippen LogP contribution in [0.15, 0.2) is 53.1 Å². The molecule has 2 aromatic carbocycles. The van der Waals surface area contributed by atoms with Crippen molar-refractivity contribution in [3.8, 4) is 11.5 Å². The summed E-state index contributed by atoms with van der Waals surface area (Å²) in [5.74, 6) is -0.866. The first-order chi connectivity index (χ1) is 15.3. The highest BCUT2D eigenvalue weighted by molar-refractivity contribution is 7.80. The van der Waals surface area contributed by atoms with Crippen LogP contribution in [-0.4, -0.2) is 36.3 Å². The molecule has 1 amide bonds. The first kappa shape index (κ1) is 22.9. The Morgan fingerprint density at radius 1 is 1.00 bits per heavy atom. The van der Waals surface area contributed by atoms with Gasteiger partial charge in [0.25, 0.3) is 5.91 Å². The maximum absolute atomic E-state index is 12.2. The number of thiocarbonyl (C=S) groups is 1. The van der Waals surface area contributed by atoms with Crippen molar-refractivity contribution in [3.05, 3.63) is 65.1 Å². The lowest BCUT2D eigenvalue weighted by atomic mass is 10.1. The molecule has 9 nitrogen and oxygen atoms in total. The minimum absolute atomic E-state index is 0.0565. The van der Waals surface area contributed by atoms with Gasteiger partial charge in [-0.25, -0.2) is 4.79 Å². The molecule has 3 aromatic rings. The summed E-state index contributed by atoms with van der Waals surface area (Å²) in [5, 5.41) is 18.4. The number of halogens is 1. The number of carbonyl (C=O) groups excluding carboxylic acids is 1. The lowest BCUT2D eigenvalue weighted by Gasteiger charge is -2.16. The Kier molecular flexibility index (Phi) is 7.18. The second-order valence-electron chi connectivity index (χ2n) is 6.26. The van der Waals surface area contributed by atoms with Gasteiger partial charge in [0.15, 0.2) is 10.9 Å². The molecule has 0 aliphatic heterocycles. The maximum Gasteiger partial charge on any atom is 0.337 e. The average Bonchev–Trinajstić information content (AvgIpc) is 3.30. The number of hydrogen-bond acceptors (Lipinski definition) is 6. The number of ether oxygens (including phenoxy) is 2. The fourth-order valence-corrected chi connectivity index (χ4v) is 3.21. The Morgan fingerprint density at radius 3 is 2.38 bits per heavy atom. The van der Waals surface area contributed by atoms with Crippen LogP contribution >= 0.6 is 23.8 Å². The number of anilines is 3. The number of carboxylic acid groups (broad SMARTS) is 1. The largest absolute Gasteiger partial charge is 0.495 e. The zero-order valence-corrected chi connectivity index (χ0v) is 18.5. The molecule has 0 bridgehead atoms. The molecule has 0 radical (unpaired) electrons. The van der Waals surface area contributed by atoms with Crippen molar-refractivity contribution in [2.75, 3.05) is 30.2 Å². The zero-order valence-electron chi connectivity index (χ0n) is 16.9. The van der Waals surface area contributed by atoms with E-state index in [2.05, 4.69) is 16.0 Å². The van der Waals surface area contributed by atoms with Crippen LogP contribution in [0.5, 0.6) is 11.5 Å². The van der Waals surface area contributed by atoms with Crippen molar-refractivity contribution < 1.29 is 28.6 Å². The number of aromatic carboxylic acids is 1. The SMILES string of the molecule is COc1cc(OC)c(NC(=S)Nc2ccc(NC(=O)c3ccco3)c(C(=O)O)c2)cc1Cl. The quantitative estimate of drug-likeness (QED) is 0.360. The smallest absolute Gasteiger partial charge is 0.337 e. The van der Waals surface area contributed by atoms with Gasteiger partial charge in [0, 0.05) is 11.8 Å². The van der Waals surface area contributed by atoms with Gasteiger partial charge < -0.3 is 34.9 Å². The number of furan rings is 1. The van der Waals surface area contributed by atoms with Gasteiger partial charge in [-0.1, -0.05) is 11.6 Å². The highest BCUT2D eigenvalue weighted by Crippen LogP contribution is 2.36. The molecule has 4 N–H and O–H groups in total. The number of nitrogens with one attached hydrogen (secondary N) is 3. The van der Waals surface area contributed by atoms with E-state index in [1.807, 2.05) is 0 Å². The molecule has 0 saturated heterocycles. The molecule has 0 aliphatic rings. The highest BCUT2D eigenvalue weighted by Gasteiger charge is 2.17. The molecule has 1 heterocycles. The van der Waals surface area contributed by atoms with Crippen molar-refractivity contribution in [1.82, 2.24) is 0 Å². The van der Waals surface area contributed by atoms with Crippen LogP contribution < -0.4 is 25.4 Å². The molecule has 0 saturated carbocycles. The van der Waals surface area contributed by atoms with Crippen molar-refractivity contribution in [3.63, 3.8) is 0 Å². The van der Waals surface area contributed by atoms with Crippen molar-refractivity contribution in [1.29, 1.82) is 0 Å². The summed E-state index contributed by atoms with van der Waals surface area (Å²) in [4.78, 5) is 23.9. The predicted molar refractivity (Wildman–Crippen MR) is 124 cm³/mol. The molecule has 0 spiro atoms. The Bertz CT molecular complexity index is 1170. The van der Waals surface area contributed by atoms with Gasteiger partial charge in [0.1, 0.15) is 11.5 Å². The number of rotatable bonds is 7. The van der Waals surface area contributed by atoms with Gasteiger partial charge in [-0.15, -0.1) is 0 Å². The van der Waals surface area contributed by atoms with Gasteiger partial charge in [0.2, 0.25) is 0 Å². The first-order valence-electron chi connectivity index (χ1n) is 9.04. The number of hydrogen-bond donors (Lipinski definition) is 4. The van der Waals surface area contributed by atoms with E-state index >= 15 is 0 Å². The monoisotopic (exact) mass is 475 g/mol. The number of benzene rings is 2. The molecule has 0 atom stereocenters. The van der Waals surface area contributed by atoms with E-state index in [1.165, 1.54) is 38.7 Å². The third kappa shape index (κ3) is 5.29. The predicted octanol–water partition coefficient (Wildman–Crippen LogP) is 4.71. The van der Waals surface area contributed by atoms with Crippen LogP contribution in [0.25, 0.3) is 0 Å². The summed E-state index contributed by atoms with van der Waals surface area (Å²) < 4.78 is 15.5. The Labute approximate surface area is 193 Å². The average molecular weight is 476 g/mol. The zero-order chi connectivity index (χ0) is 23.3. The van der Waals surface area contributed by atoms with E-state index in [0.29, 0.717) is 27.9 Å². The molecule has 3 rings (SSSR count). The molecule has 1 aromatic heterocycles. The molecule has 11 heteroatoms. The van der Waals surface area contributed by atoms with Gasteiger partial charge >= 0.3 is 5.97 Å². The highest BCUT2D eigenvalue weighted by atomic mass is 35.5. The molecule has 0 unspecified atom stereocenters. The summed E-state index contributed by atoms with van der Waals surface area (Å²) >= 11 is 11.5. The molecule has 0 fully saturated rings. The lowest BCUT2D eigenvalue weighted by molar-refractivity contribution is 0.0698. The van der Waals surface area contributed by atoms with Crippen LogP contribution in [0.2, 0.25) is 5.02 Å². The fraction of sp³-hybridized carbons (Fsp3) is 0.0952. The normalized spacial score (nSPS) is 10.2. The fourth-order valence-electron chi connectivity index (χ4n) is 2.74. The summed E-state index contributed by atoms with van der Waals surface area (Å²) in [6.45, 7) is 0. The number of carbonyl (C=O) groups is 2. The van der Waals surface area contributed by atoms with Crippen LogP contribution in [0, 0.1) is 0 Å². The van der Waals surface area contributed by atoms with E-state index in [4.69, 9.17) is 37.7 Å². The van der Waals surface area contributed by atoms with E-state index in [0.717, 1.165) is 0 Å². The molecule has 32 heavy (non-hydrogen) atoms. The number of methoxy groups -OCH3 is 2. The Hall–Kier alpha value is -3.76. The molecule has 166 valence electrons. The van der Waals surface area contributed by atoms with Crippen molar-refractivity contribution in [2.45, 2.75) is 0 Å². The van der Waals surface area contributed by atoms with Crippen LogP contribution in [-0.2, 0) is 0 Å². The second-order valence-corrected chi connectivity index (χ2v) is 7.08. The van der Waals surface area contributed by atoms with Crippen molar-refractivity contribution in [2.24, 2.45) is 0 Å². The second kappa shape index (κ2) is 10.0. The van der Waals surface area contributed by atoms with E-state index in [1.54, 1.807) is 24.3 Å². The van der Waals surface area contributed by atoms with E-state index in [-0.39, 0.29) is 22.1 Å². The van der Waals surface area contributed by atoms with Crippen LogP contribution in [0.1, 0.15) is 20.9 Å². The Morgan fingerprint density at radius 2 is 1.75 bits per heavy atom. The van der Waals surface area contributed by atoms with Crippen LogP contribution in [0.3, 0.4) is 0 Å². The Balaban J connectivity index is 1.77. The summed E-state index contributed by atoms with van der Waals surface area (Å²) in [5.41, 5.74) is 0.834. The third-order valence-electron chi connectivity index (χ3n) is 4.22. The molecular weight excluding hydrogens is 458 g/mol. The minimum atomic E-state index is -1.23. The summed E-state index contributed by atoms with van der Waals surface area (Å²) in [6.07, 6.45) is 1.35. The van der Waals surface area contributed by atoms with Gasteiger partial charge in [0.05, 0.1) is 42.4 Å². The number of amides is 1. The first-order valence-corrected chi connectivity index (χ1v) is 9.82. The van der Waals surface area contributed by atoms with Crippen molar-refractivity contribution >= 4 is 57.9 Å². The van der Waals surface area contributed by atoms with E-state index < -0.39 is 11.9 Å². The van der Waals surface area contributed by atoms with Crippen LogP contribution in [0.4, 0.5) is 17.1 Å². The van der Waals surface area contributed by atoms with Gasteiger partial charge in [-0.2, -0.15) is 0 Å². The van der Waals surface area contributed by atoms with E-state index in [9.17, 15) is 14.7 Å². The number of carboxylic acids is 1. The summed E-state index contributed by atoms with van der Waals surface area (Å²) in [7, 11) is 2.97. The third-order valence-corrected chi connectivity index (χ3v) is 4.72. The van der Waals surface area contributed by atoms with Gasteiger partial charge in [-0.05, 0) is 48.6 Å². The maximum atomic E-state index is 12.2. The minimum Gasteiger partial charge on any atom is -0.495 e. The molecular formula is C21H18ClN3O6S. The standard InChI is InChI=1S/C21H18ClN3O6S/c1-29-17-10-18(30-2)15(9-13(17)22)25-21(32)23-11-5-6-14(12(8-11)20(27)28)24-19(26)16-4-3-7-31-16/h3-10H,1-2H3,(H,24,26)(H,27,28)(H2,23,25,32). The molecule has 0 aliphatic carbocycles. The lowest BCUT2D eigenvalue weighted by Crippen LogP contribution is -2.20. The van der Waals surface area contributed by atoms with Gasteiger partial charge in [-0.3, -0.25) is 4.79 Å². The summed E-state index contributed by atoms with van der Waals surface area (Å²) in [6, 6.07) is 10.6. The topological polar surface area (TPSA) is 122 Å².